The number of halogens is 2. The molecular weight excluding hydrogens is 743 g/mol. The molecule has 3 aliphatic rings. The third kappa shape index (κ3) is 7.52. The third-order valence-corrected chi connectivity index (χ3v) is 12.7. The molecule has 1 unspecified atom stereocenters. The fourth-order valence-corrected chi connectivity index (χ4v) is 9.78. The summed E-state index contributed by atoms with van der Waals surface area (Å²) in [5, 5.41) is 6.07. The Hall–Kier alpha value is -4.86. The number of para-hydroxylation sites is 1. The van der Waals surface area contributed by atoms with Gasteiger partial charge in [0.2, 0.25) is 5.69 Å². The lowest BCUT2D eigenvalue weighted by atomic mass is 9.79. The van der Waals surface area contributed by atoms with Crippen LogP contribution in [-0.2, 0) is 15.6 Å². The molecule has 0 saturated heterocycles. The van der Waals surface area contributed by atoms with Crippen LogP contribution in [0, 0.1) is 5.92 Å². The molecule has 5 aromatic rings. The zero-order chi connectivity index (χ0) is 39.0. The molecule has 0 spiro atoms. The normalized spacial score (nSPS) is 18.0. The Morgan fingerprint density at radius 3 is 2.21 bits per heavy atom. The first kappa shape index (κ1) is 40.3. The molecule has 292 valence electrons. The van der Waals surface area contributed by atoms with Crippen molar-refractivity contribution in [2.24, 2.45) is 5.92 Å². The van der Waals surface area contributed by atoms with Gasteiger partial charge in [-0.3, -0.25) is 4.79 Å². The van der Waals surface area contributed by atoms with Gasteiger partial charge in [0, 0.05) is 52.7 Å². The summed E-state index contributed by atoms with van der Waals surface area (Å²) in [4.78, 5) is 15.0. The number of benzene rings is 5. The van der Waals surface area contributed by atoms with Crippen LogP contribution in [0.2, 0.25) is 0 Å². The molecule has 1 atom stereocenters. The van der Waals surface area contributed by atoms with Crippen LogP contribution in [0.25, 0.3) is 21.5 Å². The van der Waals surface area contributed by atoms with Crippen LogP contribution >= 0.6 is 11.6 Å². The monoisotopic (exact) mass is 794 g/mol. The van der Waals surface area contributed by atoms with Gasteiger partial charge in [-0.1, -0.05) is 96.9 Å². The Balaban J connectivity index is 0.00000496. The van der Waals surface area contributed by atoms with Crippen molar-refractivity contribution in [1.82, 2.24) is 0 Å². The van der Waals surface area contributed by atoms with E-state index >= 15 is 0 Å². The van der Waals surface area contributed by atoms with E-state index in [2.05, 4.69) is 141 Å². The van der Waals surface area contributed by atoms with Crippen molar-refractivity contribution in [1.29, 1.82) is 0 Å². The summed E-state index contributed by atoms with van der Waals surface area (Å²) >= 11 is 7.27. The Morgan fingerprint density at radius 1 is 0.825 bits per heavy atom. The number of hydrogen-bond donors (Lipinski definition) is 0. The Morgan fingerprint density at radius 2 is 1.49 bits per heavy atom. The van der Waals surface area contributed by atoms with Gasteiger partial charge in [0.05, 0.1) is 11.1 Å². The van der Waals surface area contributed by atoms with Crippen LogP contribution in [0.4, 0.5) is 11.4 Å². The molecule has 1 aliphatic carbocycles. The number of rotatable bonds is 11. The van der Waals surface area contributed by atoms with Crippen molar-refractivity contribution in [2.45, 2.75) is 84.0 Å². The maximum absolute atomic E-state index is 12.5. The minimum Gasteiger partial charge on any atom is -1.00 e. The van der Waals surface area contributed by atoms with Crippen LogP contribution in [-0.4, -0.2) is 29.3 Å². The molecule has 57 heavy (non-hydrogen) atoms. The van der Waals surface area contributed by atoms with Crippen molar-refractivity contribution in [3.8, 4) is 5.75 Å². The maximum Gasteiger partial charge on any atom is 0.311 e. The molecule has 0 fully saturated rings. The van der Waals surface area contributed by atoms with E-state index in [1.54, 1.807) is 0 Å². The molecule has 0 aromatic heterocycles. The molecule has 4 nitrogen and oxygen atoms in total. The summed E-state index contributed by atoms with van der Waals surface area (Å²) in [6, 6.07) is 35.8. The summed E-state index contributed by atoms with van der Waals surface area (Å²) in [5.74, 6) is 0.534. The Kier molecular flexibility index (Phi) is 11.7. The van der Waals surface area contributed by atoms with E-state index in [0.717, 1.165) is 50.2 Å². The van der Waals surface area contributed by atoms with Crippen LogP contribution < -0.4 is 22.0 Å². The molecular formula is C51H52Cl2N2O2. The van der Waals surface area contributed by atoms with E-state index in [1.807, 2.05) is 30.3 Å². The quantitative estimate of drug-likeness (QED) is 0.0439. The number of carbonyl (C=O) groups is 1. The number of carbonyl (C=O) groups excluding carboxylic acids is 1. The zero-order valence-electron chi connectivity index (χ0n) is 33.7. The summed E-state index contributed by atoms with van der Waals surface area (Å²) in [6.45, 7) is 13.4. The topological polar surface area (TPSA) is 32.5 Å². The van der Waals surface area contributed by atoms with E-state index in [9.17, 15) is 4.79 Å². The molecule has 0 radical (unpaired) electrons. The molecule has 2 heterocycles. The Labute approximate surface area is 349 Å². The SMILES string of the molecule is CC[N+]1=C(/C=C/C2=C(Cl)C(C=C=C3N(CCCCCC(=O)Oc4ccccc4)c4ccc5ccccc5c4C3(C)C)CC2)C(C)(C)c2c1ccc1ccccc21.[Cl-]. The zero-order valence-corrected chi connectivity index (χ0v) is 35.3. The van der Waals surface area contributed by atoms with Crippen molar-refractivity contribution < 1.29 is 26.5 Å². The van der Waals surface area contributed by atoms with E-state index in [4.69, 9.17) is 16.3 Å². The lowest BCUT2D eigenvalue weighted by molar-refractivity contribution is -0.433. The van der Waals surface area contributed by atoms with Gasteiger partial charge in [-0.25, -0.2) is 0 Å². The van der Waals surface area contributed by atoms with Gasteiger partial charge in [0.25, 0.3) is 0 Å². The molecule has 5 aromatic carbocycles. The van der Waals surface area contributed by atoms with Crippen molar-refractivity contribution >= 4 is 56.2 Å². The van der Waals surface area contributed by atoms with Gasteiger partial charge >= 0.3 is 5.97 Å². The lowest BCUT2D eigenvalue weighted by Gasteiger charge is -2.25. The van der Waals surface area contributed by atoms with Crippen molar-refractivity contribution in [3.63, 3.8) is 0 Å². The molecule has 0 bridgehead atoms. The minimum atomic E-state index is -0.253. The summed E-state index contributed by atoms with van der Waals surface area (Å²) < 4.78 is 7.99. The minimum absolute atomic E-state index is 0. The van der Waals surface area contributed by atoms with Crippen LogP contribution in [0.1, 0.15) is 84.3 Å². The number of allylic oxidation sites excluding steroid dienone is 5. The van der Waals surface area contributed by atoms with Crippen LogP contribution in [0.15, 0.2) is 143 Å². The number of anilines is 1. The number of hydrogen-bond acceptors (Lipinski definition) is 3. The highest BCUT2D eigenvalue weighted by atomic mass is 35.5. The number of unbranched alkanes of at least 4 members (excludes halogenated alkanes) is 2. The second-order valence-corrected chi connectivity index (χ2v) is 16.9. The standard InChI is InChI=1S/C51H52ClN2O2.ClH/c1-6-53-42-30-26-35-17-12-14-21-40(35)47(42)50(2,3)44(53)32-28-37-24-25-38(49(37)52)29-33-45-51(4,5)48-41-22-15-13-18-36(41)27-31-43(48)54(45)34-16-8-11-23-46(55)56-39-19-9-7-10-20-39;/h7,9-10,12-15,17-22,26-32,38H,6,8,11,16,23-25,34H2,1-5H3;1H/q+1;/p-1/b32-28+;. The second kappa shape index (κ2) is 16.5. The first-order valence-corrected chi connectivity index (χ1v) is 20.7. The van der Waals surface area contributed by atoms with Gasteiger partial charge in [-0.15, -0.1) is 5.73 Å². The maximum atomic E-state index is 12.5. The summed E-state index contributed by atoms with van der Waals surface area (Å²) in [7, 11) is 0. The first-order chi connectivity index (χ1) is 27.1. The molecule has 6 heteroatoms. The molecule has 0 N–H and O–H groups in total. The average molecular weight is 796 g/mol. The third-order valence-electron chi connectivity index (χ3n) is 12.2. The summed E-state index contributed by atoms with van der Waals surface area (Å²) in [6.07, 6.45) is 11.8. The number of fused-ring (bicyclic) bond motifs is 6. The van der Waals surface area contributed by atoms with Gasteiger partial charge in [-0.2, -0.15) is 4.58 Å². The van der Waals surface area contributed by atoms with Gasteiger partial charge in [0.1, 0.15) is 12.3 Å². The van der Waals surface area contributed by atoms with Crippen molar-refractivity contribution in [2.75, 3.05) is 18.0 Å². The highest BCUT2D eigenvalue weighted by Gasteiger charge is 2.45. The average Bonchev–Trinajstić information content (AvgIpc) is 3.75. The number of ether oxygens (including phenoxy) is 1. The molecule has 0 saturated carbocycles. The van der Waals surface area contributed by atoms with E-state index in [0.29, 0.717) is 12.2 Å². The lowest BCUT2D eigenvalue weighted by Crippen LogP contribution is -3.00. The summed E-state index contributed by atoms with van der Waals surface area (Å²) in [5.41, 5.74) is 12.5. The second-order valence-electron chi connectivity index (χ2n) is 16.5. The van der Waals surface area contributed by atoms with Gasteiger partial charge in [-0.05, 0) is 123 Å². The Bertz CT molecular complexity index is 2500. The van der Waals surface area contributed by atoms with Crippen LogP contribution in [0.5, 0.6) is 5.75 Å². The highest BCUT2D eigenvalue weighted by molar-refractivity contribution is 6.30. The van der Waals surface area contributed by atoms with E-state index in [-0.39, 0.29) is 35.1 Å². The number of esters is 1. The van der Waals surface area contributed by atoms with E-state index < -0.39 is 0 Å². The molecule has 0 amide bonds. The molecule has 2 aliphatic heterocycles. The van der Waals surface area contributed by atoms with Crippen molar-refractivity contribution in [3.05, 3.63) is 155 Å². The predicted octanol–water partition coefficient (Wildman–Crippen LogP) is 9.85. The number of nitrogens with zero attached hydrogens (tertiary/aromatic N) is 2. The highest BCUT2D eigenvalue weighted by Crippen LogP contribution is 2.51. The predicted molar refractivity (Wildman–Crippen MR) is 234 cm³/mol. The fourth-order valence-electron chi connectivity index (χ4n) is 9.45. The largest absolute Gasteiger partial charge is 1.00 e. The van der Waals surface area contributed by atoms with Crippen LogP contribution in [0.3, 0.4) is 0 Å². The molecule has 8 rings (SSSR count). The smallest absolute Gasteiger partial charge is 0.311 e. The van der Waals surface area contributed by atoms with Gasteiger partial charge in [0.15, 0.2) is 5.71 Å². The van der Waals surface area contributed by atoms with Gasteiger partial charge < -0.3 is 22.0 Å². The van der Waals surface area contributed by atoms with E-state index in [1.165, 1.54) is 61.0 Å². The first-order valence-electron chi connectivity index (χ1n) is 20.4. The fraction of sp³-hybridized carbons (Fsp3) is 0.314.